The fourth-order valence-electron chi connectivity index (χ4n) is 1.96. The van der Waals surface area contributed by atoms with E-state index in [2.05, 4.69) is 15.3 Å². The largest absolute Gasteiger partial charge is 0.481 e. The third-order valence-electron chi connectivity index (χ3n) is 2.95. The molecule has 0 radical (unpaired) electrons. The normalized spacial score (nSPS) is 12.2. The SMILES string of the molecule is CCNC(c1cc(OC)ncn1)c1ccc(F)c(F)c1F. The second kappa shape index (κ2) is 6.53. The van der Waals surface area contributed by atoms with Crippen molar-refractivity contribution in [3.63, 3.8) is 0 Å². The molecular weight excluding hydrogens is 283 g/mol. The predicted octanol–water partition coefficient (Wildman–Crippen LogP) is 2.60. The van der Waals surface area contributed by atoms with Crippen molar-refractivity contribution in [2.75, 3.05) is 13.7 Å². The fourth-order valence-corrected chi connectivity index (χ4v) is 1.96. The number of hydrogen-bond acceptors (Lipinski definition) is 4. The smallest absolute Gasteiger partial charge is 0.216 e. The molecule has 0 bridgehead atoms. The number of nitrogens with one attached hydrogen (secondary N) is 1. The average molecular weight is 297 g/mol. The van der Waals surface area contributed by atoms with Crippen molar-refractivity contribution in [2.24, 2.45) is 0 Å². The molecule has 0 aliphatic heterocycles. The fraction of sp³-hybridized carbons (Fsp3) is 0.286. The van der Waals surface area contributed by atoms with Gasteiger partial charge in [0.2, 0.25) is 5.88 Å². The summed E-state index contributed by atoms with van der Waals surface area (Å²) in [5, 5.41) is 2.98. The summed E-state index contributed by atoms with van der Waals surface area (Å²) in [5.41, 5.74) is 0.366. The Balaban J connectivity index is 2.50. The lowest BCUT2D eigenvalue weighted by atomic mass is 10.0. The van der Waals surface area contributed by atoms with Gasteiger partial charge in [-0.25, -0.2) is 23.1 Å². The summed E-state index contributed by atoms with van der Waals surface area (Å²) in [6.07, 6.45) is 1.26. The van der Waals surface area contributed by atoms with Crippen LogP contribution in [0.15, 0.2) is 24.5 Å². The van der Waals surface area contributed by atoms with Crippen LogP contribution in [0.4, 0.5) is 13.2 Å². The minimum atomic E-state index is -1.50. The Morgan fingerprint density at radius 3 is 2.62 bits per heavy atom. The van der Waals surface area contributed by atoms with Crippen molar-refractivity contribution < 1.29 is 17.9 Å². The van der Waals surface area contributed by atoms with Gasteiger partial charge in [0.05, 0.1) is 18.8 Å². The Morgan fingerprint density at radius 2 is 1.95 bits per heavy atom. The molecule has 0 aliphatic rings. The third kappa shape index (κ3) is 3.13. The van der Waals surface area contributed by atoms with Gasteiger partial charge in [-0.2, -0.15) is 0 Å². The maximum Gasteiger partial charge on any atom is 0.216 e. The minimum absolute atomic E-state index is 0.0310. The molecule has 0 saturated carbocycles. The Kier molecular flexibility index (Phi) is 4.74. The Hall–Kier alpha value is -2.15. The molecule has 0 amide bonds. The minimum Gasteiger partial charge on any atom is -0.481 e. The molecule has 1 atom stereocenters. The summed E-state index contributed by atoms with van der Waals surface area (Å²) in [6.45, 7) is 2.29. The molecular formula is C14H14F3N3O. The maximum absolute atomic E-state index is 14.0. The number of aromatic nitrogens is 2. The van der Waals surface area contributed by atoms with Crippen LogP contribution in [-0.2, 0) is 0 Å². The van der Waals surface area contributed by atoms with Crippen LogP contribution in [0.2, 0.25) is 0 Å². The molecule has 21 heavy (non-hydrogen) atoms. The van der Waals surface area contributed by atoms with E-state index in [9.17, 15) is 13.2 Å². The number of hydrogen-bond donors (Lipinski definition) is 1. The summed E-state index contributed by atoms with van der Waals surface area (Å²) in [7, 11) is 1.44. The van der Waals surface area contributed by atoms with Gasteiger partial charge in [-0.15, -0.1) is 0 Å². The predicted molar refractivity (Wildman–Crippen MR) is 70.4 cm³/mol. The van der Waals surface area contributed by atoms with Gasteiger partial charge in [0.25, 0.3) is 0 Å². The maximum atomic E-state index is 14.0. The van der Waals surface area contributed by atoms with Crippen LogP contribution in [0, 0.1) is 17.5 Å². The zero-order chi connectivity index (χ0) is 15.4. The first-order valence-electron chi connectivity index (χ1n) is 6.31. The summed E-state index contributed by atoms with van der Waals surface area (Å²) in [4.78, 5) is 7.90. The topological polar surface area (TPSA) is 47.0 Å². The molecule has 1 N–H and O–H groups in total. The highest BCUT2D eigenvalue weighted by atomic mass is 19.2. The number of ether oxygens (including phenoxy) is 1. The van der Waals surface area contributed by atoms with E-state index in [1.807, 2.05) is 6.92 Å². The molecule has 1 aromatic carbocycles. The number of benzene rings is 1. The average Bonchev–Trinajstić information content (AvgIpc) is 2.51. The van der Waals surface area contributed by atoms with Gasteiger partial charge in [0.15, 0.2) is 17.5 Å². The molecule has 1 unspecified atom stereocenters. The zero-order valence-corrected chi connectivity index (χ0v) is 11.5. The summed E-state index contributed by atoms with van der Waals surface area (Å²) >= 11 is 0. The van der Waals surface area contributed by atoms with E-state index in [0.29, 0.717) is 18.1 Å². The summed E-state index contributed by atoms with van der Waals surface area (Å²) in [5.74, 6) is -3.67. The van der Waals surface area contributed by atoms with Crippen LogP contribution in [0.5, 0.6) is 5.88 Å². The van der Waals surface area contributed by atoms with Crippen molar-refractivity contribution in [3.8, 4) is 5.88 Å². The lowest BCUT2D eigenvalue weighted by molar-refractivity contribution is 0.394. The number of halogens is 3. The Morgan fingerprint density at radius 1 is 1.19 bits per heavy atom. The zero-order valence-electron chi connectivity index (χ0n) is 11.5. The van der Waals surface area contributed by atoms with E-state index in [1.165, 1.54) is 25.6 Å². The number of rotatable bonds is 5. The summed E-state index contributed by atoms with van der Waals surface area (Å²) in [6, 6.07) is 2.85. The number of methoxy groups -OCH3 is 1. The van der Waals surface area contributed by atoms with E-state index in [0.717, 1.165) is 6.07 Å². The Bertz CT molecular complexity index is 637. The van der Waals surface area contributed by atoms with Crippen LogP contribution < -0.4 is 10.1 Å². The quantitative estimate of drug-likeness (QED) is 0.862. The van der Waals surface area contributed by atoms with Crippen molar-refractivity contribution in [3.05, 3.63) is 53.2 Å². The molecule has 0 spiro atoms. The van der Waals surface area contributed by atoms with Gasteiger partial charge in [-0.3, -0.25) is 0 Å². The molecule has 2 aromatic rings. The van der Waals surface area contributed by atoms with Crippen LogP contribution in [0.1, 0.15) is 24.2 Å². The van der Waals surface area contributed by atoms with Crippen LogP contribution in [0.25, 0.3) is 0 Å². The second-order valence-electron chi connectivity index (χ2n) is 4.24. The molecule has 1 heterocycles. The van der Waals surface area contributed by atoms with Crippen LogP contribution in [0.3, 0.4) is 0 Å². The van der Waals surface area contributed by atoms with Gasteiger partial charge in [-0.05, 0) is 12.6 Å². The van der Waals surface area contributed by atoms with Crippen LogP contribution in [-0.4, -0.2) is 23.6 Å². The summed E-state index contributed by atoms with van der Waals surface area (Å²) < 4.78 is 45.4. The first-order chi connectivity index (χ1) is 10.1. The van der Waals surface area contributed by atoms with Crippen molar-refractivity contribution in [1.82, 2.24) is 15.3 Å². The van der Waals surface area contributed by atoms with E-state index in [1.54, 1.807) is 0 Å². The van der Waals surface area contributed by atoms with E-state index >= 15 is 0 Å². The first kappa shape index (κ1) is 15.2. The highest BCUT2D eigenvalue weighted by molar-refractivity contribution is 5.31. The molecule has 0 saturated heterocycles. The van der Waals surface area contributed by atoms with Gasteiger partial charge in [0, 0.05) is 11.6 Å². The number of nitrogens with zero attached hydrogens (tertiary/aromatic N) is 2. The lowest BCUT2D eigenvalue weighted by Crippen LogP contribution is -2.24. The monoisotopic (exact) mass is 297 g/mol. The van der Waals surface area contributed by atoms with E-state index < -0.39 is 23.5 Å². The van der Waals surface area contributed by atoms with Gasteiger partial charge in [-0.1, -0.05) is 13.0 Å². The molecule has 1 aromatic heterocycles. The highest BCUT2D eigenvalue weighted by Crippen LogP contribution is 2.26. The molecule has 2 rings (SSSR count). The second-order valence-corrected chi connectivity index (χ2v) is 4.24. The van der Waals surface area contributed by atoms with Crippen molar-refractivity contribution in [2.45, 2.75) is 13.0 Å². The molecule has 4 nitrogen and oxygen atoms in total. The van der Waals surface area contributed by atoms with Gasteiger partial charge in [0.1, 0.15) is 6.33 Å². The molecule has 7 heteroatoms. The van der Waals surface area contributed by atoms with Crippen molar-refractivity contribution >= 4 is 0 Å². The van der Waals surface area contributed by atoms with Crippen LogP contribution >= 0.6 is 0 Å². The van der Waals surface area contributed by atoms with E-state index in [4.69, 9.17) is 4.74 Å². The standard InChI is InChI=1S/C14H14F3N3O/c1-3-18-14(10-6-11(21-2)20-7-19-10)8-4-5-9(15)13(17)12(8)16/h4-7,14,18H,3H2,1-2H3. The van der Waals surface area contributed by atoms with Crippen molar-refractivity contribution in [1.29, 1.82) is 0 Å². The molecule has 112 valence electrons. The van der Waals surface area contributed by atoms with Gasteiger partial charge < -0.3 is 10.1 Å². The first-order valence-corrected chi connectivity index (χ1v) is 6.31. The highest BCUT2D eigenvalue weighted by Gasteiger charge is 2.23. The Labute approximate surface area is 120 Å². The third-order valence-corrected chi connectivity index (χ3v) is 2.95. The molecule has 0 fully saturated rings. The lowest BCUT2D eigenvalue weighted by Gasteiger charge is -2.19. The van der Waals surface area contributed by atoms with E-state index in [-0.39, 0.29) is 5.56 Å². The molecule has 0 aliphatic carbocycles. The van der Waals surface area contributed by atoms with Gasteiger partial charge >= 0.3 is 0 Å².